The van der Waals surface area contributed by atoms with Crippen LogP contribution in [-0.2, 0) is 9.53 Å². The summed E-state index contributed by atoms with van der Waals surface area (Å²) < 4.78 is 4.36. The lowest BCUT2D eigenvalue weighted by molar-refractivity contribution is -0.131. The van der Waals surface area contributed by atoms with Crippen LogP contribution in [0.4, 0.5) is 0 Å². The maximum absolute atomic E-state index is 9.39. The van der Waals surface area contributed by atoms with Gasteiger partial charge in [0.2, 0.25) is 0 Å². The van der Waals surface area contributed by atoms with Crippen LogP contribution in [0.3, 0.4) is 0 Å². The van der Waals surface area contributed by atoms with Gasteiger partial charge in [-0.2, -0.15) is 0 Å². The SMILES string of the molecule is CC(C)OC=O.Cl.Cl. The minimum absolute atomic E-state index is 0. The number of hydrogen-bond acceptors (Lipinski definition) is 2. The van der Waals surface area contributed by atoms with Gasteiger partial charge in [0.15, 0.2) is 0 Å². The molecular formula is C4H10Cl2O2. The van der Waals surface area contributed by atoms with Crippen LogP contribution in [0, 0.1) is 0 Å². The lowest BCUT2D eigenvalue weighted by Crippen LogP contribution is -1.98. The van der Waals surface area contributed by atoms with Gasteiger partial charge in [-0.25, -0.2) is 0 Å². The first kappa shape index (κ1) is 15.7. The fourth-order valence-electron chi connectivity index (χ4n) is 0.111. The molecule has 0 atom stereocenters. The molecule has 0 unspecified atom stereocenters. The molecule has 0 heterocycles. The second-order valence-electron chi connectivity index (χ2n) is 1.28. The van der Waals surface area contributed by atoms with E-state index < -0.39 is 0 Å². The van der Waals surface area contributed by atoms with Gasteiger partial charge in [-0.3, -0.25) is 4.79 Å². The van der Waals surface area contributed by atoms with Crippen molar-refractivity contribution in [1.29, 1.82) is 0 Å². The fourth-order valence-corrected chi connectivity index (χ4v) is 0.111. The van der Waals surface area contributed by atoms with Crippen LogP contribution >= 0.6 is 24.8 Å². The smallest absolute Gasteiger partial charge is 0.293 e. The molecular weight excluding hydrogens is 151 g/mol. The Bertz CT molecular complexity index is 47.3. The van der Waals surface area contributed by atoms with Crippen molar-refractivity contribution in [3.63, 3.8) is 0 Å². The minimum Gasteiger partial charge on any atom is -0.465 e. The third kappa shape index (κ3) is 16.6. The predicted molar refractivity (Wildman–Crippen MR) is 36.8 cm³/mol. The van der Waals surface area contributed by atoms with Crippen molar-refractivity contribution < 1.29 is 9.53 Å². The Morgan fingerprint density at radius 2 is 1.75 bits per heavy atom. The van der Waals surface area contributed by atoms with Gasteiger partial charge >= 0.3 is 0 Å². The molecule has 4 heteroatoms. The van der Waals surface area contributed by atoms with E-state index in [1.165, 1.54) is 0 Å². The van der Waals surface area contributed by atoms with Crippen LogP contribution in [0.5, 0.6) is 0 Å². The number of rotatable bonds is 2. The molecule has 0 aliphatic carbocycles. The standard InChI is InChI=1S/C4H8O2.2ClH/c1-4(2)6-3-5;;/h3-4H,1-2H3;2*1H. The summed E-state index contributed by atoms with van der Waals surface area (Å²) in [6.07, 6.45) is 0.0301. The highest BCUT2D eigenvalue weighted by atomic mass is 35.5. The quantitative estimate of drug-likeness (QED) is 0.572. The van der Waals surface area contributed by atoms with Crippen LogP contribution in [0.2, 0.25) is 0 Å². The predicted octanol–water partition coefficient (Wildman–Crippen LogP) is 1.41. The molecule has 0 aromatic heterocycles. The van der Waals surface area contributed by atoms with Crippen LogP contribution in [0.25, 0.3) is 0 Å². The van der Waals surface area contributed by atoms with E-state index in [2.05, 4.69) is 4.74 Å². The lowest BCUT2D eigenvalue weighted by Gasteiger charge is -1.96. The van der Waals surface area contributed by atoms with Crippen molar-refractivity contribution in [3.8, 4) is 0 Å². The highest BCUT2D eigenvalue weighted by Gasteiger charge is 1.83. The van der Waals surface area contributed by atoms with E-state index in [1.807, 2.05) is 0 Å². The Labute approximate surface area is 61.4 Å². The summed E-state index contributed by atoms with van der Waals surface area (Å²) in [5.41, 5.74) is 0. The Hall–Kier alpha value is 0.0500. The van der Waals surface area contributed by atoms with Gasteiger partial charge in [-0.1, -0.05) is 0 Å². The second-order valence-corrected chi connectivity index (χ2v) is 1.28. The summed E-state index contributed by atoms with van der Waals surface area (Å²) in [7, 11) is 0. The van der Waals surface area contributed by atoms with E-state index in [1.54, 1.807) is 13.8 Å². The molecule has 0 spiro atoms. The van der Waals surface area contributed by atoms with E-state index >= 15 is 0 Å². The molecule has 0 bridgehead atoms. The Balaban J connectivity index is -0.000000125. The third-order valence-electron chi connectivity index (χ3n) is 0.328. The monoisotopic (exact) mass is 160 g/mol. The van der Waals surface area contributed by atoms with Gasteiger partial charge in [0.1, 0.15) is 0 Å². The van der Waals surface area contributed by atoms with Crippen molar-refractivity contribution in [3.05, 3.63) is 0 Å². The minimum atomic E-state index is 0. The Morgan fingerprint density at radius 3 is 1.75 bits per heavy atom. The summed E-state index contributed by atoms with van der Waals surface area (Å²) in [4.78, 5) is 9.39. The molecule has 0 amide bonds. The molecule has 0 saturated heterocycles. The zero-order valence-electron chi connectivity index (χ0n) is 4.79. The summed E-state index contributed by atoms with van der Waals surface area (Å²) in [6.45, 7) is 4.05. The van der Waals surface area contributed by atoms with Crippen molar-refractivity contribution in [2.45, 2.75) is 20.0 Å². The molecule has 0 aliphatic rings. The molecule has 0 saturated carbocycles. The largest absolute Gasteiger partial charge is 0.465 e. The summed E-state index contributed by atoms with van der Waals surface area (Å²) in [6, 6.07) is 0. The lowest BCUT2D eigenvalue weighted by atomic mass is 10.5. The van der Waals surface area contributed by atoms with Crippen molar-refractivity contribution in [1.82, 2.24) is 0 Å². The average Bonchev–Trinajstić information content (AvgIpc) is 1.35. The number of hydrogen-bond donors (Lipinski definition) is 0. The molecule has 0 aromatic carbocycles. The molecule has 0 N–H and O–H groups in total. The summed E-state index contributed by atoms with van der Waals surface area (Å²) in [5, 5.41) is 0. The molecule has 0 aromatic rings. The Kier molecular flexibility index (Phi) is 19.8. The van der Waals surface area contributed by atoms with Crippen LogP contribution in [0.15, 0.2) is 0 Å². The van der Waals surface area contributed by atoms with Gasteiger partial charge in [0.25, 0.3) is 6.47 Å². The van der Waals surface area contributed by atoms with E-state index in [0.29, 0.717) is 6.47 Å². The fraction of sp³-hybridized carbons (Fsp3) is 0.750. The maximum atomic E-state index is 9.39. The topological polar surface area (TPSA) is 26.3 Å². The normalized spacial score (nSPS) is 6.38. The Morgan fingerprint density at radius 1 is 1.38 bits per heavy atom. The molecule has 0 fully saturated rings. The molecule has 0 radical (unpaired) electrons. The van der Waals surface area contributed by atoms with Crippen molar-refractivity contribution in [2.75, 3.05) is 0 Å². The average molecular weight is 161 g/mol. The van der Waals surface area contributed by atoms with Gasteiger partial charge in [-0.05, 0) is 13.8 Å². The summed E-state index contributed by atoms with van der Waals surface area (Å²) >= 11 is 0. The van der Waals surface area contributed by atoms with Crippen molar-refractivity contribution >= 4 is 31.3 Å². The first-order chi connectivity index (χ1) is 2.77. The van der Waals surface area contributed by atoms with Crippen LogP contribution < -0.4 is 0 Å². The first-order valence-corrected chi connectivity index (χ1v) is 1.86. The van der Waals surface area contributed by atoms with Gasteiger partial charge in [-0.15, -0.1) is 24.8 Å². The second kappa shape index (κ2) is 10.1. The first-order valence-electron chi connectivity index (χ1n) is 1.86. The molecule has 8 heavy (non-hydrogen) atoms. The van der Waals surface area contributed by atoms with E-state index in [0.717, 1.165) is 0 Å². The van der Waals surface area contributed by atoms with Gasteiger partial charge < -0.3 is 4.74 Å². The third-order valence-corrected chi connectivity index (χ3v) is 0.328. The van der Waals surface area contributed by atoms with E-state index in [4.69, 9.17) is 0 Å². The van der Waals surface area contributed by atoms with Crippen LogP contribution in [-0.4, -0.2) is 12.6 Å². The van der Waals surface area contributed by atoms with Crippen LogP contribution in [0.1, 0.15) is 13.8 Å². The number of halogens is 2. The number of carbonyl (C=O) groups excluding carboxylic acids is 1. The number of ether oxygens (including phenoxy) is 1. The molecule has 52 valence electrons. The van der Waals surface area contributed by atoms with Gasteiger partial charge in [0, 0.05) is 0 Å². The molecule has 0 rings (SSSR count). The maximum Gasteiger partial charge on any atom is 0.293 e. The van der Waals surface area contributed by atoms with E-state index in [9.17, 15) is 4.79 Å². The summed E-state index contributed by atoms with van der Waals surface area (Å²) in [5.74, 6) is 0. The van der Waals surface area contributed by atoms with E-state index in [-0.39, 0.29) is 30.9 Å². The number of carbonyl (C=O) groups is 1. The highest BCUT2D eigenvalue weighted by molar-refractivity contribution is 5.85. The van der Waals surface area contributed by atoms with Gasteiger partial charge in [0.05, 0.1) is 6.10 Å². The molecule has 2 nitrogen and oxygen atoms in total. The molecule has 0 aliphatic heterocycles. The van der Waals surface area contributed by atoms with Crippen molar-refractivity contribution in [2.24, 2.45) is 0 Å². The zero-order chi connectivity index (χ0) is 4.99. The zero-order valence-corrected chi connectivity index (χ0v) is 6.42. The highest BCUT2D eigenvalue weighted by Crippen LogP contribution is 1.79.